The van der Waals surface area contributed by atoms with Gasteiger partial charge in [-0.3, -0.25) is 9.59 Å². The molecule has 6 nitrogen and oxygen atoms in total. The van der Waals surface area contributed by atoms with Crippen LogP contribution >= 0.6 is 24.8 Å². The summed E-state index contributed by atoms with van der Waals surface area (Å²) in [5.74, 6) is -0.106. The van der Waals surface area contributed by atoms with Crippen molar-refractivity contribution in [2.45, 2.75) is 18.9 Å². The molecule has 0 spiro atoms. The number of anilines is 2. The maximum atomic E-state index is 12.3. The van der Waals surface area contributed by atoms with Gasteiger partial charge < -0.3 is 20.9 Å². The van der Waals surface area contributed by atoms with Crippen LogP contribution in [0.3, 0.4) is 0 Å². The molecular formula is C15H22Cl2N4O2. The van der Waals surface area contributed by atoms with Crippen LogP contribution < -0.4 is 20.9 Å². The molecule has 23 heavy (non-hydrogen) atoms. The molecule has 0 aromatic heterocycles. The van der Waals surface area contributed by atoms with Crippen molar-refractivity contribution < 1.29 is 9.59 Å². The van der Waals surface area contributed by atoms with Crippen molar-refractivity contribution in [2.24, 2.45) is 0 Å². The van der Waals surface area contributed by atoms with E-state index in [9.17, 15) is 9.59 Å². The third kappa shape index (κ3) is 4.50. The third-order valence-corrected chi connectivity index (χ3v) is 4.01. The van der Waals surface area contributed by atoms with Crippen molar-refractivity contribution in [1.82, 2.24) is 10.6 Å². The van der Waals surface area contributed by atoms with Crippen molar-refractivity contribution in [3.63, 3.8) is 0 Å². The van der Waals surface area contributed by atoms with Gasteiger partial charge in [-0.15, -0.1) is 24.8 Å². The van der Waals surface area contributed by atoms with E-state index in [0.29, 0.717) is 24.2 Å². The third-order valence-electron chi connectivity index (χ3n) is 4.01. The molecule has 128 valence electrons. The smallest absolute Gasteiger partial charge is 0.251 e. The second-order valence-electron chi connectivity index (χ2n) is 5.61. The van der Waals surface area contributed by atoms with E-state index < -0.39 is 0 Å². The van der Waals surface area contributed by atoms with Gasteiger partial charge in [0.05, 0.1) is 11.4 Å². The summed E-state index contributed by atoms with van der Waals surface area (Å²) in [6, 6.07) is 5.65. The predicted octanol–water partition coefficient (Wildman–Crippen LogP) is 1.40. The highest BCUT2D eigenvalue weighted by atomic mass is 35.5. The zero-order valence-corrected chi connectivity index (χ0v) is 14.6. The molecule has 3 N–H and O–H groups in total. The minimum atomic E-state index is -0.0901. The van der Waals surface area contributed by atoms with E-state index in [4.69, 9.17) is 0 Å². The molecule has 8 heteroatoms. The Bertz CT molecular complexity index is 577. The molecule has 0 radical (unpaired) electrons. The molecule has 0 bridgehead atoms. The number of carbonyl (C=O) groups excluding carboxylic acids is 2. The largest absolute Gasteiger partial charge is 0.372 e. The van der Waals surface area contributed by atoms with Crippen LogP contribution in [0, 0.1) is 0 Å². The summed E-state index contributed by atoms with van der Waals surface area (Å²) < 4.78 is 0. The summed E-state index contributed by atoms with van der Waals surface area (Å²) in [6.45, 7) is 2.43. The van der Waals surface area contributed by atoms with E-state index in [1.165, 1.54) is 0 Å². The zero-order chi connectivity index (χ0) is 14.8. The van der Waals surface area contributed by atoms with Crippen LogP contribution in [0.4, 0.5) is 11.4 Å². The molecule has 1 atom stereocenters. The predicted molar refractivity (Wildman–Crippen MR) is 96.2 cm³/mol. The minimum Gasteiger partial charge on any atom is -0.372 e. The number of benzene rings is 1. The van der Waals surface area contributed by atoms with E-state index in [1.807, 2.05) is 24.1 Å². The van der Waals surface area contributed by atoms with Gasteiger partial charge in [-0.2, -0.15) is 0 Å². The lowest BCUT2D eigenvalue weighted by molar-refractivity contribution is -0.115. The van der Waals surface area contributed by atoms with E-state index in [0.717, 1.165) is 25.2 Å². The number of hydrogen-bond donors (Lipinski definition) is 3. The Morgan fingerprint density at radius 2 is 2.13 bits per heavy atom. The molecule has 1 fully saturated rings. The molecule has 2 amide bonds. The quantitative estimate of drug-likeness (QED) is 0.745. The molecule has 2 aliphatic heterocycles. The van der Waals surface area contributed by atoms with Crippen LogP contribution in [0.25, 0.3) is 0 Å². The molecule has 2 heterocycles. The number of nitrogens with zero attached hydrogens (tertiary/aromatic N) is 1. The number of fused-ring (bicyclic) bond motifs is 1. The van der Waals surface area contributed by atoms with E-state index in [2.05, 4.69) is 16.0 Å². The van der Waals surface area contributed by atoms with Gasteiger partial charge in [-0.05, 0) is 31.2 Å². The van der Waals surface area contributed by atoms with Gasteiger partial charge in [0.25, 0.3) is 5.91 Å². The molecule has 1 aromatic carbocycles. The Morgan fingerprint density at radius 1 is 1.35 bits per heavy atom. The van der Waals surface area contributed by atoms with E-state index >= 15 is 0 Å². The van der Waals surface area contributed by atoms with Crippen LogP contribution in [-0.2, 0) is 4.79 Å². The second kappa shape index (κ2) is 8.38. The average molecular weight is 361 g/mol. The Hall–Kier alpha value is -1.50. The zero-order valence-electron chi connectivity index (χ0n) is 12.9. The Morgan fingerprint density at radius 3 is 2.83 bits per heavy atom. The van der Waals surface area contributed by atoms with Crippen molar-refractivity contribution in [3.8, 4) is 0 Å². The van der Waals surface area contributed by atoms with Crippen LogP contribution in [0.1, 0.15) is 23.2 Å². The summed E-state index contributed by atoms with van der Waals surface area (Å²) >= 11 is 0. The van der Waals surface area contributed by atoms with Gasteiger partial charge in [0.15, 0.2) is 0 Å². The van der Waals surface area contributed by atoms with Gasteiger partial charge in [0.2, 0.25) is 5.91 Å². The highest BCUT2D eigenvalue weighted by Gasteiger charge is 2.20. The Balaban J connectivity index is 0.00000132. The van der Waals surface area contributed by atoms with Gasteiger partial charge in [0, 0.05) is 38.2 Å². The van der Waals surface area contributed by atoms with E-state index in [1.54, 1.807) is 6.07 Å². The first-order valence-corrected chi connectivity index (χ1v) is 7.30. The second-order valence-corrected chi connectivity index (χ2v) is 5.61. The summed E-state index contributed by atoms with van der Waals surface area (Å²) in [4.78, 5) is 26.0. The summed E-state index contributed by atoms with van der Waals surface area (Å²) in [5.41, 5.74) is 2.23. The van der Waals surface area contributed by atoms with Crippen molar-refractivity contribution >= 4 is 48.0 Å². The van der Waals surface area contributed by atoms with Gasteiger partial charge in [-0.1, -0.05) is 0 Å². The van der Waals surface area contributed by atoms with Crippen LogP contribution in [-0.4, -0.2) is 44.5 Å². The topological polar surface area (TPSA) is 73.5 Å². The fraction of sp³-hybridized carbons (Fsp3) is 0.467. The highest BCUT2D eigenvalue weighted by molar-refractivity contribution is 6.01. The summed E-state index contributed by atoms with van der Waals surface area (Å²) in [5, 5.41) is 9.10. The minimum absolute atomic E-state index is 0. The monoisotopic (exact) mass is 360 g/mol. The van der Waals surface area contributed by atoms with Gasteiger partial charge in [0.1, 0.15) is 0 Å². The fourth-order valence-electron chi connectivity index (χ4n) is 2.76. The number of nitrogens with one attached hydrogen (secondary N) is 3. The lowest BCUT2D eigenvalue weighted by Gasteiger charge is -2.19. The molecule has 2 aliphatic rings. The molecule has 0 saturated carbocycles. The van der Waals surface area contributed by atoms with Crippen molar-refractivity contribution in [3.05, 3.63) is 23.8 Å². The van der Waals surface area contributed by atoms with Crippen molar-refractivity contribution in [1.29, 1.82) is 0 Å². The number of halogens is 2. The number of amides is 2. The molecular weight excluding hydrogens is 339 g/mol. The van der Waals surface area contributed by atoms with E-state index in [-0.39, 0.29) is 42.7 Å². The van der Waals surface area contributed by atoms with Crippen molar-refractivity contribution in [2.75, 3.05) is 36.9 Å². The first kappa shape index (κ1) is 19.5. The lowest BCUT2D eigenvalue weighted by Crippen LogP contribution is -2.36. The fourth-order valence-corrected chi connectivity index (χ4v) is 2.76. The average Bonchev–Trinajstić information content (AvgIpc) is 2.92. The molecule has 1 aromatic rings. The number of hydrogen-bond acceptors (Lipinski definition) is 4. The van der Waals surface area contributed by atoms with Crippen LogP contribution in [0.15, 0.2) is 18.2 Å². The lowest BCUT2D eigenvalue weighted by atomic mass is 10.1. The highest BCUT2D eigenvalue weighted by Crippen LogP contribution is 2.28. The van der Waals surface area contributed by atoms with Crippen LogP contribution in [0.5, 0.6) is 0 Å². The molecule has 3 rings (SSSR count). The Kier molecular flexibility index (Phi) is 7.12. The van der Waals surface area contributed by atoms with Crippen LogP contribution in [0.2, 0.25) is 0 Å². The Labute approximate surface area is 148 Å². The molecule has 1 unspecified atom stereocenters. The molecule has 0 aliphatic carbocycles. The van der Waals surface area contributed by atoms with Gasteiger partial charge >= 0.3 is 0 Å². The normalized spacial score (nSPS) is 19.6. The molecule has 1 saturated heterocycles. The van der Waals surface area contributed by atoms with Gasteiger partial charge in [-0.25, -0.2) is 0 Å². The number of carbonyl (C=O) groups is 2. The first-order valence-electron chi connectivity index (χ1n) is 7.30. The maximum Gasteiger partial charge on any atom is 0.251 e. The summed E-state index contributed by atoms with van der Waals surface area (Å²) in [6.07, 6.45) is 1.41. The maximum absolute atomic E-state index is 12.3. The SMILES string of the molecule is CN1CCC(=O)Nc2cc(C(=O)NC3CCNC3)ccc21.Cl.Cl. The standard InChI is InChI=1S/C15H20N4O2.2ClH/c1-19-7-5-14(20)18-12-8-10(2-3-13(12)19)15(21)17-11-4-6-16-9-11;;/h2-3,8,11,16H,4-7,9H2,1H3,(H,17,21)(H,18,20);2*1H. The first-order chi connectivity index (χ1) is 10.1. The number of rotatable bonds is 2. The summed E-state index contributed by atoms with van der Waals surface area (Å²) in [7, 11) is 1.95.